The molecule has 0 fully saturated rings. The average Bonchev–Trinajstić information content (AvgIpc) is 3.12. The van der Waals surface area contributed by atoms with Gasteiger partial charge in [-0.3, -0.25) is 14.2 Å². The molecule has 0 atom stereocenters. The molecular formula is C23H21N3O2S. The van der Waals surface area contributed by atoms with Gasteiger partial charge >= 0.3 is 0 Å². The fourth-order valence-corrected chi connectivity index (χ4v) is 4.27. The lowest BCUT2D eigenvalue weighted by Crippen LogP contribution is -2.27. The number of hydrogen-bond donors (Lipinski definition) is 1. The van der Waals surface area contributed by atoms with Crippen molar-refractivity contribution in [3.63, 3.8) is 0 Å². The van der Waals surface area contributed by atoms with E-state index in [1.54, 1.807) is 0 Å². The lowest BCUT2D eigenvalue weighted by molar-refractivity contribution is -0.116. The summed E-state index contributed by atoms with van der Waals surface area (Å²) in [6.07, 6.45) is 1.46. The Morgan fingerprint density at radius 2 is 1.79 bits per heavy atom. The quantitative estimate of drug-likeness (QED) is 0.538. The van der Waals surface area contributed by atoms with Gasteiger partial charge in [-0.15, -0.1) is 11.3 Å². The van der Waals surface area contributed by atoms with Crippen molar-refractivity contribution in [2.45, 2.75) is 27.3 Å². The van der Waals surface area contributed by atoms with Crippen molar-refractivity contribution in [3.8, 4) is 11.1 Å². The fourth-order valence-electron chi connectivity index (χ4n) is 3.29. The molecule has 0 saturated heterocycles. The first kappa shape index (κ1) is 19.1. The third kappa shape index (κ3) is 3.84. The van der Waals surface area contributed by atoms with Crippen LogP contribution in [0.5, 0.6) is 0 Å². The molecule has 2 aromatic heterocycles. The van der Waals surface area contributed by atoms with Crippen LogP contribution in [0.2, 0.25) is 0 Å². The number of aryl methyl sites for hydroxylation is 3. The molecule has 0 saturated carbocycles. The Morgan fingerprint density at radius 3 is 2.52 bits per heavy atom. The number of carbonyl (C=O) groups excluding carboxylic acids is 1. The van der Waals surface area contributed by atoms with Gasteiger partial charge in [-0.1, -0.05) is 47.5 Å². The third-order valence-electron chi connectivity index (χ3n) is 4.88. The van der Waals surface area contributed by atoms with Crippen LogP contribution < -0.4 is 10.9 Å². The lowest BCUT2D eigenvalue weighted by atomic mass is 10.1. The maximum Gasteiger partial charge on any atom is 0.271 e. The summed E-state index contributed by atoms with van der Waals surface area (Å²) in [5.41, 5.74) is 6.49. The zero-order valence-electron chi connectivity index (χ0n) is 16.5. The van der Waals surface area contributed by atoms with Gasteiger partial charge in [0.15, 0.2) is 0 Å². The maximum absolute atomic E-state index is 12.9. The van der Waals surface area contributed by atoms with E-state index >= 15 is 0 Å². The van der Waals surface area contributed by atoms with E-state index in [1.807, 2.05) is 68.6 Å². The predicted molar refractivity (Wildman–Crippen MR) is 119 cm³/mol. The van der Waals surface area contributed by atoms with Crippen molar-refractivity contribution >= 4 is 33.1 Å². The summed E-state index contributed by atoms with van der Waals surface area (Å²) in [5, 5.41) is 4.82. The van der Waals surface area contributed by atoms with Crippen molar-refractivity contribution in [1.82, 2.24) is 9.55 Å². The van der Waals surface area contributed by atoms with Crippen molar-refractivity contribution in [1.29, 1.82) is 0 Å². The molecule has 0 unspecified atom stereocenters. The number of carbonyl (C=O) groups is 1. The topological polar surface area (TPSA) is 64.0 Å². The molecule has 2 aromatic carbocycles. The first-order valence-corrected chi connectivity index (χ1v) is 10.2. The summed E-state index contributed by atoms with van der Waals surface area (Å²) in [6.45, 7) is 5.91. The maximum atomic E-state index is 12.9. The Balaban J connectivity index is 1.60. The first-order valence-electron chi connectivity index (χ1n) is 9.33. The highest BCUT2D eigenvalue weighted by atomic mass is 32.1. The minimum absolute atomic E-state index is 0.0765. The van der Waals surface area contributed by atoms with Gasteiger partial charge in [0.05, 0.1) is 11.8 Å². The van der Waals surface area contributed by atoms with Crippen LogP contribution in [0, 0.1) is 20.8 Å². The SMILES string of the molecule is Cc1ccc(-c2csc3c(=O)n(CC(=O)Nc4ccc(C)cc4C)cnc23)cc1. The number of nitrogens with one attached hydrogen (secondary N) is 1. The van der Waals surface area contributed by atoms with Crippen LogP contribution in [0.25, 0.3) is 21.3 Å². The van der Waals surface area contributed by atoms with E-state index in [-0.39, 0.29) is 18.0 Å². The molecule has 146 valence electrons. The van der Waals surface area contributed by atoms with Gasteiger partial charge in [-0.25, -0.2) is 4.98 Å². The largest absolute Gasteiger partial charge is 0.324 e. The van der Waals surface area contributed by atoms with Crippen molar-refractivity contribution in [3.05, 3.63) is 81.2 Å². The Bertz CT molecular complexity index is 1270. The summed E-state index contributed by atoms with van der Waals surface area (Å²) >= 11 is 1.36. The summed E-state index contributed by atoms with van der Waals surface area (Å²) in [4.78, 5) is 29.8. The van der Waals surface area contributed by atoms with Crippen LogP contribution in [-0.4, -0.2) is 15.5 Å². The number of benzene rings is 2. The highest BCUT2D eigenvalue weighted by Gasteiger charge is 2.14. The smallest absolute Gasteiger partial charge is 0.271 e. The highest BCUT2D eigenvalue weighted by molar-refractivity contribution is 7.17. The monoisotopic (exact) mass is 403 g/mol. The zero-order chi connectivity index (χ0) is 20.5. The van der Waals surface area contributed by atoms with E-state index in [0.29, 0.717) is 10.2 Å². The molecule has 0 spiro atoms. The zero-order valence-corrected chi connectivity index (χ0v) is 17.3. The molecule has 0 radical (unpaired) electrons. The summed E-state index contributed by atoms with van der Waals surface area (Å²) < 4.78 is 1.92. The van der Waals surface area contributed by atoms with Crippen LogP contribution >= 0.6 is 11.3 Å². The number of hydrogen-bond acceptors (Lipinski definition) is 4. The van der Waals surface area contributed by atoms with E-state index in [2.05, 4.69) is 10.3 Å². The Morgan fingerprint density at radius 1 is 1.07 bits per heavy atom. The number of thiophene rings is 1. The van der Waals surface area contributed by atoms with Gasteiger partial charge in [0.25, 0.3) is 5.56 Å². The van der Waals surface area contributed by atoms with E-state index < -0.39 is 0 Å². The second kappa shape index (κ2) is 7.64. The molecule has 4 aromatic rings. The van der Waals surface area contributed by atoms with Crippen LogP contribution in [0.4, 0.5) is 5.69 Å². The van der Waals surface area contributed by atoms with E-state index in [4.69, 9.17) is 0 Å². The number of nitrogens with zero attached hydrogens (tertiary/aromatic N) is 2. The Kier molecular flexibility index (Phi) is 5.03. The van der Waals surface area contributed by atoms with Crippen LogP contribution in [-0.2, 0) is 11.3 Å². The number of anilines is 1. The minimum Gasteiger partial charge on any atom is -0.324 e. The van der Waals surface area contributed by atoms with Gasteiger partial charge in [-0.05, 0) is 38.0 Å². The summed E-state index contributed by atoms with van der Waals surface area (Å²) in [7, 11) is 0. The Hall–Kier alpha value is -3.25. The predicted octanol–water partition coefficient (Wildman–Crippen LogP) is 4.69. The average molecular weight is 404 g/mol. The van der Waals surface area contributed by atoms with Crippen molar-refractivity contribution < 1.29 is 4.79 Å². The molecule has 2 heterocycles. The number of rotatable bonds is 4. The molecule has 1 N–H and O–H groups in total. The van der Waals surface area contributed by atoms with Crippen LogP contribution in [0.15, 0.2) is 59.0 Å². The van der Waals surface area contributed by atoms with Gasteiger partial charge in [0.1, 0.15) is 11.2 Å². The third-order valence-corrected chi connectivity index (χ3v) is 5.84. The van der Waals surface area contributed by atoms with Gasteiger partial charge < -0.3 is 5.32 Å². The molecule has 29 heavy (non-hydrogen) atoms. The highest BCUT2D eigenvalue weighted by Crippen LogP contribution is 2.30. The molecule has 5 nitrogen and oxygen atoms in total. The van der Waals surface area contributed by atoms with Crippen LogP contribution in [0.1, 0.15) is 16.7 Å². The molecule has 0 bridgehead atoms. The summed E-state index contributed by atoms with van der Waals surface area (Å²) in [6, 6.07) is 14.0. The van der Waals surface area contributed by atoms with Gasteiger partial charge in [0, 0.05) is 16.6 Å². The van der Waals surface area contributed by atoms with E-state index in [9.17, 15) is 9.59 Å². The molecule has 1 amide bonds. The number of fused-ring (bicyclic) bond motifs is 1. The standard InChI is InChI=1S/C23H21N3O2S/c1-14-4-7-17(8-5-14)18-12-29-22-21(18)24-13-26(23(22)28)11-20(27)25-19-9-6-15(2)10-16(19)3/h4-10,12-13H,11H2,1-3H3,(H,25,27). The fraction of sp³-hybridized carbons (Fsp3) is 0.174. The minimum atomic E-state index is -0.254. The first-order chi connectivity index (χ1) is 13.9. The lowest BCUT2D eigenvalue weighted by Gasteiger charge is -2.10. The van der Waals surface area contributed by atoms with Crippen molar-refractivity contribution in [2.75, 3.05) is 5.32 Å². The number of aromatic nitrogens is 2. The molecular weight excluding hydrogens is 382 g/mol. The molecule has 0 aliphatic carbocycles. The Labute approximate surface area is 172 Å². The number of amides is 1. The molecule has 4 rings (SSSR count). The van der Waals surface area contributed by atoms with E-state index in [0.717, 1.165) is 27.9 Å². The van der Waals surface area contributed by atoms with Gasteiger partial charge in [0.2, 0.25) is 5.91 Å². The molecule has 6 heteroatoms. The normalized spacial score (nSPS) is 11.0. The summed E-state index contributed by atoms with van der Waals surface area (Å²) in [5.74, 6) is -0.254. The van der Waals surface area contributed by atoms with Crippen molar-refractivity contribution in [2.24, 2.45) is 0 Å². The van der Waals surface area contributed by atoms with Gasteiger partial charge in [-0.2, -0.15) is 0 Å². The second-order valence-corrected chi connectivity index (χ2v) is 8.12. The molecule has 0 aliphatic heterocycles. The van der Waals surface area contributed by atoms with Crippen LogP contribution in [0.3, 0.4) is 0 Å². The van der Waals surface area contributed by atoms with E-state index in [1.165, 1.54) is 27.8 Å². The second-order valence-electron chi connectivity index (χ2n) is 7.24. The molecule has 0 aliphatic rings.